The summed E-state index contributed by atoms with van der Waals surface area (Å²) in [5.41, 5.74) is 9.46. The summed E-state index contributed by atoms with van der Waals surface area (Å²) in [6.07, 6.45) is 2.27. The lowest BCUT2D eigenvalue weighted by Crippen LogP contribution is -2.22. The Morgan fingerprint density at radius 1 is 1.10 bits per heavy atom. The van der Waals surface area contributed by atoms with Gasteiger partial charge in [-0.25, -0.2) is 0 Å². The molecule has 1 fully saturated rings. The number of hydrogen-bond donors (Lipinski definition) is 1. The molecular weight excluding hydrogens is 262 g/mol. The average Bonchev–Trinajstić information content (AvgIpc) is 3.15. The van der Waals surface area contributed by atoms with E-state index >= 15 is 0 Å². The fraction of sp³-hybridized carbons (Fsp3) is 0.235. The lowest BCUT2D eigenvalue weighted by Gasteiger charge is -2.23. The molecule has 4 heteroatoms. The second kappa shape index (κ2) is 4.81. The molecule has 0 spiro atoms. The standard InChI is InChI=1S/C17H17N3O/c18-13-8-4-10-15-16(13)19-17(21-15)20-11-5-9-14(20)12-6-2-1-3-7-12/h1-4,6-8,10,14H,5,9,11,18H2. The van der Waals surface area contributed by atoms with E-state index in [0.29, 0.717) is 17.7 Å². The van der Waals surface area contributed by atoms with Gasteiger partial charge in [-0.1, -0.05) is 36.4 Å². The van der Waals surface area contributed by atoms with Crippen molar-refractivity contribution in [3.05, 3.63) is 54.1 Å². The molecule has 1 aliphatic heterocycles. The molecule has 0 aliphatic carbocycles. The number of nitrogens with zero attached hydrogens (tertiary/aromatic N) is 2. The lowest BCUT2D eigenvalue weighted by atomic mass is 10.1. The molecule has 1 saturated heterocycles. The smallest absolute Gasteiger partial charge is 0.298 e. The fourth-order valence-electron chi connectivity index (χ4n) is 3.10. The van der Waals surface area contributed by atoms with E-state index in [4.69, 9.17) is 10.2 Å². The number of fused-ring (bicyclic) bond motifs is 1. The third kappa shape index (κ3) is 2.03. The molecule has 1 aromatic heterocycles. The van der Waals surface area contributed by atoms with Crippen molar-refractivity contribution >= 4 is 22.8 Å². The molecule has 0 amide bonds. The van der Waals surface area contributed by atoms with Gasteiger partial charge in [0, 0.05) is 6.54 Å². The average molecular weight is 279 g/mol. The predicted molar refractivity (Wildman–Crippen MR) is 84.2 cm³/mol. The summed E-state index contributed by atoms with van der Waals surface area (Å²) in [5.74, 6) is 0. The quantitative estimate of drug-likeness (QED) is 0.726. The van der Waals surface area contributed by atoms with E-state index in [9.17, 15) is 0 Å². The van der Waals surface area contributed by atoms with Gasteiger partial charge >= 0.3 is 0 Å². The van der Waals surface area contributed by atoms with Crippen LogP contribution in [0, 0.1) is 0 Å². The van der Waals surface area contributed by atoms with Crippen LogP contribution in [0.4, 0.5) is 11.7 Å². The zero-order chi connectivity index (χ0) is 14.2. The minimum absolute atomic E-state index is 0.334. The van der Waals surface area contributed by atoms with E-state index in [2.05, 4.69) is 34.1 Å². The summed E-state index contributed by atoms with van der Waals surface area (Å²) < 4.78 is 5.92. The first-order chi connectivity index (χ1) is 10.3. The van der Waals surface area contributed by atoms with Crippen molar-refractivity contribution in [1.29, 1.82) is 0 Å². The molecule has 4 nitrogen and oxygen atoms in total. The second-order valence-electron chi connectivity index (χ2n) is 5.45. The third-order valence-electron chi connectivity index (χ3n) is 4.12. The Bertz CT molecular complexity index is 766. The number of aromatic nitrogens is 1. The highest BCUT2D eigenvalue weighted by Crippen LogP contribution is 2.37. The van der Waals surface area contributed by atoms with Gasteiger partial charge in [0.15, 0.2) is 5.58 Å². The minimum Gasteiger partial charge on any atom is -0.423 e. The van der Waals surface area contributed by atoms with Gasteiger partial charge in [0.25, 0.3) is 6.01 Å². The number of benzene rings is 2. The van der Waals surface area contributed by atoms with E-state index in [1.807, 2.05) is 24.3 Å². The molecule has 1 aliphatic rings. The van der Waals surface area contributed by atoms with Crippen LogP contribution in [0.15, 0.2) is 52.9 Å². The summed E-state index contributed by atoms with van der Waals surface area (Å²) >= 11 is 0. The number of nitrogens with two attached hydrogens (primary N) is 1. The Morgan fingerprint density at radius 2 is 1.95 bits per heavy atom. The maximum absolute atomic E-state index is 5.97. The predicted octanol–water partition coefficient (Wildman–Crippen LogP) is 3.75. The monoisotopic (exact) mass is 279 g/mol. The lowest BCUT2D eigenvalue weighted by molar-refractivity contribution is 0.557. The van der Waals surface area contributed by atoms with Gasteiger partial charge in [0.05, 0.1) is 11.7 Å². The van der Waals surface area contributed by atoms with Gasteiger partial charge in [-0.15, -0.1) is 0 Å². The van der Waals surface area contributed by atoms with E-state index in [-0.39, 0.29) is 0 Å². The Balaban J connectivity index is 1.75. The molecule has 106 valence electrons. The zero-order valence-electron chi connectivity index (χ0n) is 11.7. The number of rotatable bonds is 2. The van der Waals surface area contributed by atoms with Crippen molar-refractivity contribution in [2.75, 3.05) is 17.2 Å². The Kier molecular flexibility index (Phi) is 2.81. The van der Waals surface area contributed by atoms with Crippen LogP contribution in [0.5, 0.6) is 0 Å². The minimum atomic E-state index is 0.334. The van der Waals surface area contributed by atoms with Crippen molar-refractivity contribution in [1.82, 2.24) is 4.98 Å². The van der Waals surface area contributed by atoms with E-state index in [1.54, 1.807) is 0 Å². The van der Waals surface area contributed by atoms with E-state index < -0.39 is 0 Å². The van der Waals surface area contributed by atoms with Crippen LogP contribution in [0.2, 0.25) is 0 Å². The van der Waals surface area contributed by atoms with E-state index in [1.165, 1.54) is 5.56 Å². The summed E-state index contributed by atoms with van der Waals surface area (Å²) in [6, 6.07) is 17.2. The van der Waals surface area contributed by atoms with Gasteiger partial charge in [0.1, 0.15) is 5.52 Å². The van der Waals surface area contributed by atoms with E-state index in [0.717, 1.165) is 30.5 Å². The van der Waals surface area contributed by atoms with Crippen LogP contribution in [0.1, 0.15) is 24.4 Å². The van der Waals surface area contributed by atoms with Gasteiger partial charge in [0.2, 0.25) is 0 Å². The molecule has 0 saturated carbocycles. The number of hydrogen-bond acceptors (Lipinski definition) is 4. The highest BCUT2D eigenvalue weighted by atomic mass is 16.4. The second-order valence-corrected chi connectivity index (χ2v) is 5.45. The van der Waals surface area contributed by atoms with Crippen LogP contribution in [0.3, 0.4) is 0 Å². The first kappa shape index (κ1) is 12.3. The first-order valence-electron chi connectivity index (χ1n) is 7.29. The molecule has 1 unspecified atom stereocenters. The van der Waals surface area contributed by atoms with Gasteiger partial charge < -0.3 is 15.1 Å². The normalized spacial score (nSPS) is 18.5. The van der Waals surface area contributed by atoms with Crippen LogP contribution >= 0.6 is 0 Å². The summed E-state index contributed by atoms with van der Waals surface area (Å²) in [6.45, 7) is 0.965. The molecule has 21 heavy (non-hydrogen) atoms. The van der Waals surface area contributed by atoms with Crippen LogP contribution < -0.4 is 10.6 Å². The van der Waals surface area contributed by atoms with Crippen LogP contribution in [-0.2, 0) is 0 Å². The van der Waals surface area contributed by atoms with Crippen molar-refractivity contribution < 1.29 is 4.42 Å². The highest BCUT2D eigenvalue weighted by Gasteiger charge is 2.29. The molecule has 1 atom stereocenters. The molecule has 4 rings (SSSR count). The number of nitrogen functional groups attached to an aromatic ring is 1. The Hall–Kier alpha value is -2.49. The Labute approximate surface area is 123 Å². The zero-order valence-corrected chi connectivity index (χ0v) is 11.7. The highest BCUT2D eigenvalue weighted by molar-refractivity contribution is 5.86. The third-order valence-corrected chi connectivity index (χ3v) is 4.12. The topological polar surface area (TPSA) is 55.3 Å². The van der Waals surface area contributed by atoms with Crippen molar-refractivity contribution in [2.45, 2.75) is 18.9 Å². The molecule has 2 N–H and O–H groups in total. The van der Waals surface area contributed by atoms with Gasteiger partial charge in [-0.05, 0) is 30.5 Å². The van der Waals surface area contributed by atoms with Gasteiger partial charge in [-0.2, -0.15) is 4.98 Å². The maximum atomic E-state index is 5.97. The van der Waals surface area contributed by atoms with Crippen LogP contribution in [0.25, 0.3) is 11.1 Å². The number of anilines is 2. The molecule has 0 radical (unpaired) electrons. The summed E-state index contributed by atoms with van der Waals surface area (Å²) in [5, 5.41) is 0. The molecule has 3 aromatic rings. The fourth-order valence-corrected chi connectivity index (χ4v) is 3.10. The SMILES string of the molecule is Nc1cccc2oc(N3CCCC3c3ccccc3)nc12. The molecule has 2 heterocycles. The summed E-state index contributed by atoms with van der Waals surface area (Å²) in [7, 11) is 0. The molecule has 0 bridgehead atoms. The number of para-hydroxylation sites is 1. The summed E-state index contributed by atoms with van der Waals surface area (Å²) in [4.78, 5) is 6.85. The van der Waals surface area contributed by atoms with Crippen molar-refractivity contribution in [2.24, 2.45) is 0 Å². The van der Waals surface area contributed by atoms with Crippen molar-refractivity contribution in [3.63, 3.8) is 0 Å². The molecule has 2 aromatic carbocycles. The van der Waals surface area contributed by atoms with Crippen LogP contribution in [-0.4, -0.2) is 11.5 Å². The maximum Gasteiger partial charge on any atom is 0.298 e. The van der Waals surface area contributed by atoms with Gasteiger partial charge in [-0.3, -0.25) is 0 Å². The number of oxazole rings is 1. The Morgan fingerprint density at radius 3 is 2.76 bits per heavy atom. The first-order valence-corrected chi connectivity index (χ1v) is 7.29. The van der Waals surface area contributed by atoms with Crippen molar-refractivity contribution in [3.8, 4) is 0 Å². The largest absolute Gasteiger partial charge is 0.423 e. The molecular formula is C17H17N3O.